The van der Waals surface area contributed by atoms with Gasteiger partial charge in [0, 0.05) is 38.6 Å². The topological polar surface area (TPSA) is 97.4 Å². The molecule has 0 aromatic carbocycles. The third-order valence-electron chi connectivity index (χ3n) is 5.35. The first kappa shape index (κ1) is 19.0. The fraction of sp³-hybridized carbons (Fsp3) is 0.227. The van der Waals surface area contributed by atoms with Crippen molar-refractivity contribution in [2.45, 2.75) is 6.54 Å². The van der Waals surface area contributed by atoms with Gasteiger partial charge in [0.2, 0.25) is 0 Å². The number of aromatic nitrogens is 4. The van der Waals surface area contributed by atoms with E-state index in [1.807, 2.05) is 22.8 Å². The highest BCUT2D eigenvalue weighted by atomic mass is 16.3. The molecule has 156 valence electrons. The summed E-state index contributed by atoms with van der Waals surface area (Å²) < 4.78 is 7.09. The van der Waals surface area contributed by atoms with Crippen molar-refractivity contribution in [3.05, 3.63) is 78.4 Å². The van der Waals surface area contributed by atoms with E-state index in [4.69, 9.17) is 4.42 Å². The largest absolute Gasteiger partial charge is 0.459 e. The molecule has 9 nitrogen and oxygen atoms in total. The van der Waals surface area contributed by atoms with E-state index in [1.165, 1.54) is 6.26 Å². The third kappa shape index (κ3) is 3.77. The number of rotatable bonds is 4. The lowest BCUT2D eigenvalue weighted by atomic mass is 10.2. The molecule has 0 radical (unpaired) electrons. The van der Waals surface area contributed by atoms with E-state index in [0.717, 1.165) is 5.69 Å². The zero-order chi connectivity index (χ0) is 21.2. The van der Waals surface area contributed by atoms with Gasteiger partial charge in [-0.05, 0) is 30.3 Å². The summed E-state index contributed by atoms with van der Waals surface area (Å²) >= 11 is 0. The lowest BCUT2D eigenvalue weighted by molar-refractivity contribution is 0.0518. The van der Waals surface area contributed by atoms with Gasteiger partial charge in [-0.2, -0.15) is 0 Å². The Morgan fingerprint density at radius 1 is 0.935 bits per heavy atom. The number of hydrogen-bond donors (Lipinski definition) is 0. The first-order valence-electron chi connectivity index (χ1n) is 10.0. The van der Waals surface area contributed by atoms with Crippen LogP contribution >= 0.6 is 0 Å². The van der Waals surface area contributed by atoms with E-state index < -0.39 is 0 Å². The summed E-state index contributed by atoms with van der Waals surface area (Å²) in [6.07, 6.45) is 6.52. The molecule has 1 fully saturated rings. The van der Waals surface area contributed by atoms with Crippen molar-refractivity contribution in [2.24, 2.45) is 0 Å². The molecular weight excluding hydrogens is 396 g/mol. The molecule has 5 rings (SSSR count). The maximum absolute atomic E-state index is 13.0. The molecule has 0 spiro atoms. The lowest BCUT2D eigenvalue weighted by Gasteiger charge is -2.34. The fourth-order valence-electron chi connectivity index (χ4n) is 3.70. The highest BCUT2D eigenvalue weighted by Crippen LogP contribution is 2.16. The van der Waals surface area contributed by atoms with Crippen molar-refractivity contribution in [1.82, 2.24) is 29.3 Å². The molecule has 2 amide bonds. The van der Waals surface area contributed by atoms with Gasteiger partial charge in [0.05, 0.1) is 30.4 Å². The van der Waals surface area contributed by atoms with Crippen LogP contribution < -0.4 is 0 Å². The monoisotopic (exact) mass is 416 g/mol. The van der Waals surface area contributed by atoms with Gasteiger partial charge in [-0.1, -0.05) is 6.07 Å². The third-order valence-corrected chi connectivity index (χ3v) is 5.35. The summed E-state index contributed by atoms with van der Waals surface area (Å²) in [6, 6.07) is 10.9. The average Bonchev–Trinajstić information content (AvgIpc) is 3.49. The number of nitrogens with zero attached hydrogens (tertiary/aromatic N) is 6. The van der Waals surface area contributed by atoms with E-state index in [0.29, 0.717) is 55.2 Å². The maximum atomic E-state index is 13.0. The van der Waals surface area contributed by atoms with Gasteiger partial charge in [-0.15, -0.1) is 0 Å². The minimum atomic E-state index is -0.154. The molecular formula is C22H20N6O3. The van der Waals surface area contributed by atoms with Crippen molar-refractivity contribution in [1.29, 1.82) is 0 Å². The standard InChI is InChI=1S/C22H20N6O3/c29-21(26-7-9-27(10-8-26)22(30)19-5-3-11-31-19)16-12-18-20(24-13-16)28(15-25-18)14-17-4-1-2-6-23-17/h1-6,11-13,15H,7-10,14H2. The molecule has 0 bridgehead atoms. The summed E-state index contributed by atoms with van der Waals surface area (Å²) in [7, 11) is 0. The number of carbonyl (C=O) groups excluding carboxylic acids is 2. The predicted molar refractivity (Wildman–Crippen MR) is 111 cm³/mol. The number of piperazine rings is 1. The SMILES string of the molecule is O=C(c1cnc2c(c1)ncn2Cc1ccccn1)N1CCN(C(=O)c2ccco2)CC1. The molecule has 0 aliphatic carbocycles. The summed E-state index contributed by atoms with van der Waals surface area (Å²) in [5, 5.41) is 0. The Morgan fingerprint density at radius 2 is 1.74 bits per heavy atom. The maximum Gasteiger partial charge on any atom is 0.289 e. The lowest BCUT2D eigenvalue weighted by Crippen LogP contribution is -2.50. The molecule has 0 saturated carbocycles. The molecule has 1 saturated heterocycles. The Kier molecular flexibility index (Phi) is 4.91. The van der Waals surface area contributed by atoms with Crippen LogP contribution in [-0.2, 0) is 6.54 Å². The van der Waals surface area contributed by atoms with Crippen molar-refractivity contribution in [2.75, 3.05) is 26.2 Å². The number of amides is 2. The van der Waals surface area contributed by atoms with Crippen molar-refractivity contribution in [3.63, 3.8) is 0 Å². The van der Waals surface area contributed by atoms with Crippen LogP contribution in [0.25, 0.3) is 11.2 Å². The van der Waals surface area contributed by atoms with Gasteiger partial charge in [-0.25, -0.2) is 9.97 Å². The van der Waals surface area contributed by atoms with E-state index in [1.54, 1.807) is 46.7 Å². The molecule has 4 aromatic heterocycles. The Labute approximate surface area is 177 Å². The zero-order valence-electron chi connectivity index (χ0n) is 16.7. The second-order valence-corrected chi connectivity index (χ2v) is 7.32. The van der Waals surface area contributed by atoms with Crippen LogP contribution in [0.5, 0.6) is 0 Å². The van der Waals surface area contributed by atoms with E-state index in [2.05, 4.69) is 15.0 Å². The summed E-state index contributed by atoms with van der Waals surface area (Å²) in [5.74, 6) is 0.0492. The number of imidazole rings is 1. The van der Waals surface area contributed by atoms with Crippen LogP contribution in [0.3, 0.4) is 0 Å². The first-order valence-corrected chi connectivity index (χ1v) is 10.0. The first-order chi connectivity index (χ1) is 15.2. The van der Waals surface area contributed by atoms with Crippen molar-refractivity contribution in [3.8, 4) is 0 Å². The number of pyridine rings is 2. The van der Waals surface area contributed by atoms with Gasteiger partial charge in [0.1, 0.15) is 5.52 Å². The van der Waals surface area contributed by atoms with Crippen LogP contribution in [-0.4, -0.2) is 67.3 Å². The van der Waals surface area contributed by atoms with Crippen LogP contribution in [0, 0.1) is 0 Å². The quantitative estimate of drug-likeness (QED) is 0.505. The average molecular weight is 416 g/mol. The van der Waals surface area contributed by atoms with Gasteiger partial charge in [0.25, 0.3) is 11.8 Å². The molecule has 0 N–H and O–H groups in total. The molecule has 0 atom stereocenters. The normalized spacial score (nSPS) is 14.2. The summed E-state index contributed by atoms with van der Waals surface area (Å²) in [6.45, 7) is 2.39. The highest BCUT2D eigenvalue weighted by molar-refractivity contribution is 5.97. The summed E-state index contributed by atoms with van der Waals surface area (Å²) in [4.78, 5) is 42.0. The fourth-order valence-corrected chi connectivity index (χ4v) is 3.70. The molecule has 5 heterocycles. The Hall–Kier alpha value is -4.01. The van der Waals surface area contributed by atoms with Crippen LogP contribution in [0.15, 0.2) is 65.8 Å². The number of carbonyl (C=O) groups is 2. The molecule has 1 aliphatic heterocycles. The number of hydrogen-bond acceptors (Lipinski definition) is 6. The Balaban J connectivity index is 1.27. The van der Waals surface area contributed by atoms with Gasteiger partial charge in [0.15, 0.2) is 11.4 Å². The smallest absolute Gasteiger partial charge is 0.289 e. The van der Waals surface area contributed by atoms with Crippen LogP contribution in [0.2, 0.25) is 0 Å². The molecule has 1 aliphatic rings. The minimum Gasteiger partial charge on any atom is -0.459 e. The Bertz CT molecular complexity index is 1210. The summed E-state index contributed by atoms with van der Waals surface area (Å²) in [5.41, 5.74) is 2.76. The number of furan rings is 1. The van der Waals surface area contributed by atoms with Crippen LogP contribution in [0.1, 0.15) is 26.6 Å². The number of fused-ring (bicyclic) bond motifs is 1. The van der Waals surface area contributed by atoms with E-state index >= 15 is 0 Å². The molecule has 31 heavy (non-hydrogen) atoms. The predicted octanol–water partition coefficient (Wildman–Crippen LogP) is 2.07. The van der Waals surface area contributed by atoms with Crippen LogP contribution in [0.4, 0.5) is 0 Å². The van der Waals surface area contributed by atoms with Gasteiger partial charge >= 0.3 is 0 Å². The molecule has 4 aromatic rings. The van der Waals surface area contributed by atoms with Crippen molar-refractivity contribution < 1.29 is 14.0 Å². The molecule has 0 unspecified atom stereocenters. The van der Waals surface area contributed by atoms with Gasteiger partial charge in [-0.3, -0.25) is 14.6 Å². The van der Waals surface area contributed by atoms with Crippen molar-refractivity contribution >= 4 is 23.0 Å². The second-order valence-electron chi connectivity index (χ2n) is 7.32. The second kappa shape index (κ2) is 8.02. The Morgan fingerprint density at radius 3 is 2.45 bits per heavy atom. The minimum absolute atomic E-state index is 0.112. The zero-order valence-corrected chi connectivity index (χ0v) is 16.7. The van der Waals surface area contributed by atoms with E-state index in [9.17, 15) is 9.59 Å². The van der Waals surface area contributed by atoms with E-state index in [-0.39, 0.29) is 11.8 Å². The highest BCUT2D eigenvalue weighted by Gasteiger charge is 2.27. The molecule has 9 heteroatoms. The van der Waals surface area contributed by atoms with Gasteiger partial charge < -0.3 is 18.8 Å².